The van der Waals surface area contributed by atoms with Crippen molar-refractivity contribution >= 4 is 22.4 Å². The molecule has 0 aliphatic heterocycles. The lowest BCUT2D eigenvalue weighted by molar-refractivity contribution is -0.115. The molecule has 0 aliphatic carbocycles. The number of benzene rings is 1. The molecule has 5 heteroatoms. The molecule has 4 nitrogen and oxygen atoms in total. The molecule has 0 spiro atoms. The monoisotopic (exact) mass is 323 g/mol. The van der Waals surface area contributed by atoms with Crippen molar-refractivity contribution in [3.8, 4) is 11.3 Å². The van der Waals surface area contributed by atoms with Crippen LogP contribution in [0, 0.1) is 13.8 Å². The number of thiazole rings is 1. The molecule has 0 radical (unpaired) electrons. The minimum atomic E-state index is -0.0518. The van der Waals surface area contributed by atoms with Gasteiger partial charge in [0.05, 0.1) is 12.1 Å². The summed E-state index contributed by atoms with van der Waals surface area (Å²) in [5.41, 5.74) is 5.14. The number of rotatable bonds is 4. The number of hydrogen-bond acceptors (Lipinski definition) is 4. The number of anilines is 1. The van der Waals surface area contributed by atoms with E-state index in [1.807, 2.05) is 43.5 Å². The molecule has 1 N–H and O–H groups in total. The summed E-state index contributed by atoms with van der Waals surface area (Å²) in [6.07, 6.45) is 3.84. The average Bonchev–Trinajstić information content (AvgIpc) is 2.99. The summed E-state index contributed by atoms with van der Waals surface area (Å²) in [6, 6.07) is 9.94. The summed E-state index contributed by atoms with van der Waals surface area (Å²) in [4.78, 5) is 20.7. The molecule has 3 rings (SSSR count). The van der Waals surface area contributed by atoms with Crippen molar-refractivity contribution in [2.24, 2.45) is 0 Å². The number of hydrogen-bond donors (Lipinski definition) is 1. The summed E-state index contributed by atoms with van der Waals surface area (Å²) in [6.45, 7) is 4.08. The van der Waals surface area contributed by atoms with Crippen LogP contribution >= 0.6 is 11.3 Å². The van der Waals surface area contributed by atoms with E-state index < -0.39 is 0 Å². The third kappa shape index (κ3) is 3.81. The second-order valence-electron chi connectivity index (χ2n) is 5.43. The molecule has 3 aromatic rings. The fourth-order valence-electron chi connectivity index (χ4n) is 2.36. The van der Waals surface area contributed by atoms with Gasteiger partial charge in [0.1, 0.15) is 0 Å². The van der Waals surface area contributed by atoms with Crippen LogP contribution in [-0.2, 0) is 11.2 Å². The molecular formula is C18H17N3OS. The predicted octanol–water partition coefficient (Wildman–Crippen LogP) is 4.00. The van der Waals surface area contributed by atoms with Gasteiger partial charge in [-0.1, -0.05) is 23.8 Å². The zero-order valence-electron chi connectivity index (χ0n) is 13.0. The molecule has 1 amide bonds. The first-order chi connectivity index (χ1) is 11.1. The van der Waals surface area contributed by atoms with Crippen molar-refractivity contribution < 1.29 is 4.79 Å². The third-order valence-electron chi connectivity index (χ3n) is 3.56. The molecule has 0 aliphatic rings. The van der Waals surface area contributed by atoms with Crippen molar-refractivity contribution in [2.75, 3.05) is 5.32 Å². The Labute approximate surface area is 139 Å². The number of aromatic nitrogens is 2. The molecule has 0 saturated heterocycles. The zero-order chi connectivity index (χ0) is 16.2. The highest BCUT2D eigenvalue weighted by Gasteiger charge is 2.10. The maximum Gasteiger partial charge on any atom is 0.230 e. The van der Waals surface area contributed by atoms with Crippen LogP contribution in [0.25, 0.3) is 11.3 Å². The Hall–Kier alpha value is -2.53. The minimum Gasteiger partial charge on any atom is -0.302 e. The Morgan fingerprint density at radius 3 is 2.87 bits per heavy atom. The first-order valence-electron chi connectivity index (χ1n) is 7.34. The van der Waals surface area contributed by atoms with Gasteiger partial charge in [0.15, 0.2) is 5.13 Å². The Morgan fingerprint density at radius 2 is 2.13 bits per heavy atom. The molecule has 2 aromatic heterocycles. The highest BCUT2D eigenvalue weighted by Crippen LogP contribution is 2.24. The number of nitrogens with one attached hydrogen (secondary N) is 1. The summed E-state index contributed by atoms with van der Waals surface area (Å²) in [7, 11) is 0. The summed E-state index contributed by atoms with van der Waals surface area (Å²) in [5.74, 6) is -0.0518. The lowest BCUT2D eigenvalue weighted by Crippen LogP contribution is -2.14. The standard InChI is InChI=1S/C18H17N3OS/c1-12-5-6-14(13(2)8-12)9-17(22)21-18-20-16(11-23-18)15-4-3-7-19-10-15/h3-8,10-11H,9H2,1-2H3,(H,20,21,22). The SMILES string of the molecule is Cc1ccc(CC(=O)Nc2nc(-c3cccnc3)cs2)c(C)c1. The van der Waals surface area contributed by atoms with Crippen molar-refractivity contribution in [3.63, 3.8) is 0 Å². The lowest BCUT2D eigenvalue weighted by Gasteiger charge is -2.06. The van der Waals surface area contributed by atoms with E-state index in [4.69, 9.17) is 0 Å². The second-order valence-corrected chi connectivity index (χ2v) is 6.29. The van der Waals surface area contributed by atoms with E-state index in [1.165, 1.54) is 16.9 Å². The van der Waals surface area contributed by atoms with Crippen LogP contribution in [0.3, 0.4) is 0 Å². The third-order valence-corrected chi connectivity index (χ3v) is 4.31. The fourth-order valence-corrected chi connectivity index (χ4v) is 3.09. The van der Waals surface area contributed by atoms with Gasteiger partial charge >= 0.3 is 0 Å². The number of amides is 1. The van der Waals surface area contributed by atoms with E-state index in [0.717, 1.165) is 22.4 Å². The van der Waals surface area contributed by atoms with E-state index >= 15 is 0 Å². The van der Waals surface area contributed by atoms with Gasteiger partial charge in [-0.05, 0) is 37.1 Å². The van der Waals surface area contributed by atoms with Crippen molar-refractivity contribution in [1.82, 2.24) is 9.97 Å². The molecular weight excluding hydrogens is 306 g/mol. The molecule has 2 heterocycles. The fraction of sp³-hybridized carbons (Fsp3) is 0.167. The van der Waals surface area contributed by atoms with Gasteiger partial charge in [0.25, 0.3) is 0 Å². The summed E-state index contributed by atoms with van der Waals surface area (Å²) >= 11 is 1.42. The number of nitrogens with zero attached hydrogens (tertiary/aromatic N) is 2. The Kier molecular flexibility index (Phi) is 4.48. The van der Waals surface area contributed by atoms with Gasteiger partial charge < -0.3 is 5.32 Å². The van der Waals surface area contributed by atoms with Crippen molar-refractivity contribution in [3.05, 3.63) is 64.8 Å². The average molecular weight is 323 g/mol. The number of carbonyl (C=O) groups is 1. The van der Waals surface area contributed by atoms with E-state index in [1.54, 1.807) is 12.4 Å². The number of pyridine rings is 1. The Bertz CT molecular complexity index is 827. The molecule has 1 aromatic carbocycles. The van der Waals surface area contributed by atoms with E-state index in [9.17, 15) is 4.79 Å². The van der Waals surface area contributed by atoms with Crippen LogP contribution in [0.2, 0.25) is 0 Å². The molecule has 0 unspecified atom stereocenters. The van der Waals surface area contributed by atoms with Crippen molar-refractivity contribution in [2.45, 2.75) is 20.3 Å². The van der Waals surface area contributed by atoms with Gasteiger partial charge in [0.2, 0.25) is 5.91 Å². The first kappa shape index (κ1) is 15.4. The molecule has 0 fully saturated rings. The Balaban J connectivity index is 1.68. The quantitative estimate of drug-likeness (QED) is 0.789. The first-order valence-corrected chi connectivity index (χ1v) is 8.22. The number of aryl methyl sites for hydroxylation is 2. The van der Waals surface area contributed by atoms with Gasteiger partial charge in [-0.15, -0.1) is 11.3 Å². The lowest BCUT2D eigenvalue weighted by atomic mass is 10.0. The second kappa shape index (κ2) is 6.71. The highest BCUT2D eigenvalue weighted by atomic mass is 32.1. The van der Waals surface area contributed by atoms with Gasteiger partial charge in [-0.3, -0.25) is 9.78 Å². The van der Waals surface area contributed by atoms with E-state index in [0.29, 0.717) is 11.6 Å². The smallest absolute Gasteiger partial charge is 0.230 e. The molecule has 0 bridgehead atoms. The number of carbonyl (C=O) groups excluding carboxylic acids is 1. The molecule has 23 heavy (non-hydrogen) atoms. The van der Waals surface area contributed by atoms with Crippen LogP contribution in [0.15, 0.2) is 48.1 Å². The molecule has 116 valence electrons. The van der Waals surface area contributed by atoms with Crippen LogP contribution in [0.5, 0.6) is 0 Å². The van der Waals surface area contributed by atoms with Crippen molar-refractivity contribution in [1.29, 1.82) is 0 Å². The molecule has 0 saturated carbocycles. The van der Waals surface area contributed by atoms with E-state index in [-0.39, 0.29) is 5.91 Å². The zero-order valence-corrected chi connectivity index (χ0v) is 13.9. The topological polar surface area (TPSA) is 54.9 Å². The van der Waals surface area contributed by atoms with Gasteiger partial charge in [0, 0.05) is 23.3 Å². The Morgan fingerprint density at radius 1 is 1.26 bits per heavy atom. The molecule has 0 atom stereocenters. The highest BCUT2D eigenvalue weighted by molar-refractivity contribution is 7.14. The van der Waals surface area contributed by atoms with Crippen LogP contribution in [-0.4, -0.2) is 15.9 Å². The predicted molar refractivity (Wildman–Crippen MR) is 93.6 cm³/mol. The summed E-state index contributed by atoms with van der Waals surface area (Å²) in [5, 5.41) is 5.40. The summed E-state index contributed by atoms with van der Waals surface area (Å²) < 4.78 is 0. The van der Waals surface area contributed by atoms with Crippen LogP contribution in [0.4, 0.5) is 5.13 Å². The normalized spacial score (nSPS) is 10.5. The van der Waals surface area contributed by atoms with Crippen LogP contribution in [0.1, 0.15) is 16.7 Å². The largest absolute Gasteiger partial charge is 0.302 e. The van der Waals surface area contributed by atoms with Gasteiger partial charge in [-0.25, -0.2) is 4.98 Å². The maximum absolute atomic E-state index is 12.2. The van der Waals surface area contributed by atoms with Gasteiger partial charge in [-0.2, -0.15) is 0 Å². The van der Waals surface area contributed by atoms with E-state index in [2.05, 4.69) is 21.4 Å². The maximum atomic E-state index is 12.2. The van der Waals surface area contributed by atoms with Crippen LogP contribution < -0.4 is 5.32 Å². The minimum absolute atomic E-state index is 0.0518.